The van der Waals surface area contributed by atoms with Crippen LogP contribution in [0.15, 0.2) is 0 Å². The predicted octanol–water partition coefficient (Wildman–Crippen LogP) is 1.47. The molecule has 56 valence electrons. The van der Waals surface area contributed by atoms with Gasteiger partial charge in [0.15, 0.2) is 0 Å². The van der Waals surface area contributed by atoms with Gasteiger partial charge < -0.3 is 9.42 Å². The molecule has 0 aromatic carbocycles. The molecule has 0 rings (SSSR count). The van der Waals surface area contributed by atoms with Crippen molar-refractivity contribution in [3.63, 3.8) is 0 Å². The summed E-state index contributed by atoms with van der Waals surface area (Å²) in [6.45, 7) is 0.576. The first-order valence-corrected chi connectivity index (χ1v) is 4.22. The molecule has 0 aliphatic rings. The summed E-state index contributed by atoms with van der Waals surface area (Å²) in [7, 11) is -4.43. The van der Waals surface area contributed by atoms with Crippen LogP contribution in [0.5, 0.6) is 0 Å². The van der Waals surface area contributed by atoms with Gasteiger partial charge in [0.25, 0.3) is 0 Å². The van der Waals surface area contributed by atoms with Crippen LogP contribution in [0.1, 0.15) is 18.0 Å². The minimum absolute atomic E-state index is 0.0217. The van der Waals surface area contributed by atoms with Crippen LogP contribution in [-0.2, 0) is 9.09 Å². The molecule has 0 aliphatic carbocycles. The first-order chi connectivity index (χ1) is 5.17. The average Bonchev–Trinajstić information content (AvgIpc) is 1.81. The molecule has 0 aliphatic heterocycles. The minimum atomic E-state index is -4.43. The predicted molar refractivity (Wildman–Crippen MR) is 36.5 cm³/mol. The largest absolute Gasteiger partial charge is 0.325 e. The van der Waals surface area contributed by atoms with Gasteiger partial charge >= 0.3 is 7.60 Å². The summed E-state index contributed by atoms with van der Waals surface area (Å²) in [5.41, 5.74) is 0. The molecule has 4 heteroatoms. The molecular formula is C5H13O3P. The van der Waals surface area contributed by atoms with E-state index in [1.807, 2.05) is 0 Å². The summed E-state index contributed by atoms with van der Waals surface area (Å²) in [6, 6.07) is 0. The maximum atomic E-state index is 10.9. The van der Waals surface area contributed by atoms with Gasteiger partial charge in [0.1, 0.15) is 0 Å². The van der Waals surface area contributed by atoms with Crippen molar-refractivity contribution >= 4 is 7.60 Å². The van der Waals surface area contributed by atoms with E-state index in [-0.39, 0.29) is 12.5 Å². The second kappa shape index (κ2) is 3.35. The summed E-state index contributed by atoms with van der Waals surface area (Å²) in [5.74, 6) is 0.0350. The summed E-state index contributed by atoms with van der Waals surface area (Å²) >= 11 is 0. The summed E-state index contributed by atoms with van der Waals surface area (Å²) < 4.78 is 35.3. The fraction of sp³-hybridized carbons (Fsp3) is 1.00. The van der Waals surface area contributed by atoms with Crippen LogP contribution >= 0.6 is 7.60 Å². The van der Waals surface area contributed by atoms with E-state index in [9.17, 15) is 4.57 Å². The highest BCUT2D eigenvalue weighted by Gasteiger charge is 2.09. The van der Waals surface area contributed by atoms with Crippen LogP contribution in [0.4, 0.5) is 0 Å². The smallest absolute Gasteiger partial charge is 0.324 e. The van der Waals surface area contributed by atoms with Crippen molar-refractivity contribution in [1.82, 2.24) is 0 Å². The third-order valence-corrected chi connectivity index (χ3v) is 1.08. The van der Waals surface area contributed by atoms with Crippen molar-refractivity contribution in [2.45, 2.75) is 13.8 Å². The van der Waals surface area contributed by atoms with E-state index in [0.29, 0.717) is 0 Å². The minimum Gasteiger partial charge on any atom is -0.324 e. The van der Waals surface area contributed by atoms with Gasteiger partial charge in [0.2, 0.25) is 0 Å². The van der Waals surface area contributed by atoms with E-state index in [1.54, 1.807) is 13.8 Å². The van der Waals surface area contributed by atoms with Gasteiger partial charge in [-0.3, -0.25) is 4.57 Å². The Kier molecular flexibility index (Phi) is 1.82. The second-order valence-electron chi connectivity index (χ2n) is 2.21. The summed E-state index contributed by atoms with van der Waals surface area (Å²) in [6.07, 6.45) is 0. The lowest BCUT2D eigenvalue weighted by Crippen LogP contribution is -1.98. The Balaban J connectivity index is 4.16. The Labute approximate surface area is 59.8 Å². The van der Waals surface area contributed by atoms with Crippen LogP contribution in [0.25, 0.3) is 0 Å². The molecule has 0 aromatic rings. The maximum absolute atomic E-state index is 10.9. The van der Waals surface area contributed by atoms with Crippen LogP contribution in [0, 0.1) is 5.92 Å². The quantitative estimate of drug-likeness (QED) is 0.628. The van der Waals surface area contributed by atoms with Crippen LogP contribution in [0.2, 0.25) is 0 Å². The first kappa shape index (κ1) is 4.89. The van der Waals surface area contributed by atoms with Gasteiger partial charge in [0.05, 0.1) is 6.61 Å². The van der Waals surface area contributed by atoms with E-state index in [2.05, 4.69) is 4.52 Å². The highest BCUT2D eigenvalue weighted by atomic mass is 31.2. The van der Waals surface area contributed by atoms with E-state index >= 15 is 0 Å². The van der Waals surface area contributed by atoms with Crippen LogP contribution in [0.3, 0.4) is 0 Å². The van der Waals surface area contributed by atoms with Crippen LogP contribution < -0.4 is 0 Å². The van der Waals surface area contributed by atoms with E-state index < -0.39 is 14.2 Å². The van der Waals surface area contributed by atoms with E-state index in [0.717, 1.165) is 0 Å². The molecule has 0 saturated carbocycles. The highest BCUT2D eigenvalue weighted by Crippen LogP contribution is 2.36. The molecule has 1 atom stereocenters. The highest BCUT2D eigenvalue weighted by molar-refractivity contribution is 7.51. The van der Waals surface area contributed by atoms with E-state index in [4.69, 9.17) is 9.01 Å². The van der Waals surface area contributed by atoms with Crippen molar-refractivity contribution in [3.05, 3.63) is 0 Å². The zero-order valence-corrected chi connectivity index (χ0v) is 6.39. The third kappa shape index (κ3) is 8.15. The molecule has 1 N–H and O–H groups in total. The van der Waals surface area contributed by atoms with Gasteiger partial charge in [-0.15, -0.1) is 0 Å². The Hall–Kier alpha value is 0.150. The fourth-order valence-corrected chi connectivity index (χ4v) is 0.750. The fourth-order valence-electron chi connectivity index (χ4n) is 0.250. The molecule has 1 unspecified atom stereocenters. The Morgan fingerprint density at radius 1 is 1.89 bits per heavy atom. The van der Waals surface area contributed by atoms with Gasteiger partial charge in [-0.25, -0.2) is 0 Å². The topological polar surface area (TPSA) is 46.5 Å². The monoisotopic (exact) mass is 155 g/mol. The molecule has 0 fully saturated rings. The Morgan fingerprint density at radius 2 is 2.44 bits per heavy atom. The van der Waals surface area contributed by atoms with Crippen LogP contribution in [-0.4, -0.2) is 18.1 Å². The molecule has 0 amide bonds. The van der Waals surface area contributed by atoms with Gasteiger partial charge in [0, 0.05) is 10.7 Å². The second-order valence-corrected chi connectivity index (χ2v) is 3.51. The molecule has 0 aromatic heterocycles. The zero-order valence-electron chi connectivity index (χ0n) is 8.50. The molecule has 0 heterocycles. The van der Waals surface area contributed by atoms with Crippen molar-refractivity contribution in [3.8, 4) is 0 Å². The molecule has 3 nitrogen and oxygen atoms in total. The third-order valence-electron chi connectivity index (χ3n) is 0.583. The normalized spacial score (nSPS) is 24.2. The summed E-state index contributed by atoms with van der Waals surface area (Å²) in [5, 5.41) is 0. The first-order valence-electron chi connectivity index (χ1n) is 4.14. The molecule has 9 heavy (non-hydrogen) atoms. The summed E-state index contributed by atoms with van der Waals surface area (Å²) in [4.78, 5) is 8.87. The average molecular weight is 155 g/mol. The number of rotatable bonds is 3. The lowest BCUT2D eigenvalue weighted by Gasteiger charge is -2.07. The molecule has 0 bridgehead atoms. The maximum Gasteiger partial charge on any atom is 0.325 e. The van der Waals surface area contributed by atoms with E-state index in [1.165, 1.54) is 0 Å². The molecule has 0 spiro atoms. The van der Waals surface area contributed by atoms with Gasteiger partial charge in [-0.2, -0.15) is 0 Å². The van der Waals surface area contributed by atoms with Crippen molar-refractivity contribution in [2.75, 3.05) is 13.2 Å². The molecular weight excluding hydrogens is 139 g/mol. The van der Waals surface area contributed by atoms with Gasteiger partial charge in [-0.05, 0) is 5.92 Å². The lowest BCUT2D eigenvalue weighted by molar-refractivity contribution is 0.233. The van der Waals surface area contributed by atoms with Crippen molar-refractivity contribution < 1.29 is 18.1 Å². The number of hydrogen-bond acceptors (Lipinski definition) is 2. The number of hydrogen-bond donors (Lipinski definition) is 1. The molecule has 0 saturated heterocycles. The molecule has 0 radical (unpaired) electrons. The lowest BCUT2D eigenvalue weighted by atomic mass is 10.2. The zero-order chi connectivity index (χ0) is 9.99. The standard InChI is InChI=1S/C5H13O3P/c1-5(2)4-8-9(3,6)7/h5H,4H2,1-3H3,(H,6,7)/i3D3. The Bertz CT molecular complexity index is 189. The Morgan fingerprint density at radius 3 is 2.78 bits per heavy atom. The SMILES string of the molecule is [2H]C([2H])([2H])P(=O)(O)OCC(C)C. The van der Waals surface area contributed by atoms with Crippen molar-refractivity contribution in [1.29, 1.82) is 0 Å². The van der Waals surface area contributed by atoms with Gasteiger partial charge in [-0.1, -0.05) is 13.8 Å². The van der Waals surface area contributed by atoms with Crippen molar-refractivity contribution in [2.24, 2.45) is 5.92 Å².